The second-order valence-electron chi connectivity index (χ2n) is 6.11. The topological polar surface area (TPSA) is 9.23 Å². The SMILES string of the molecule is CCC(C)OC1CC2C3CCC(C3)C2C1. The number of hydrogen-bond donors (Lipinski definition) is 0. The molecule has 0 aliphatic heterocycles. The van der Waals surface area contributed by atoms with Crippen molar-refractivity contribution in [2.45, 2.75) is 64.6 Å². The van der Waals surface area contributed by atoms with Crippen LogP contribution in [0.2, 0.25) is 0 Å². The Morgan fingerprint density at radius 1 is 1.07 bits per heavy atom. The summed E-state index contributed by atoms with van der Waals surface area (Å²) in [6.07, 6.45) is 9.64. The molecule has 0 aromatic heterocycles. The smallest absolute Gasteiger partial charge is 0.0584 e. The summed E-state index contributed by atoms with van der Waals surface area (Å²) in [4.78, 5) is 0. The predicted octanol–water partition coefficient (Wildman–Crippen LogP) is 3.63. The molecule has 0 heterocycles. The van der Waals surface area contributed by atoms with Gasteiger partial charge in [0.05, 0.1) is 12.2 Å². The van der Waals surface area contributed by atoms with E-state index in [1.54, 1.807) is 6.42 Å². The van der Waals surface area contributed by atoms with E-state index in [1.165, 1.54) is 32.1 Å². The Hall–Kier alpha value is -0.0400. The largest absolute Gasteiger partial charge is 0.375 e. The third-order valence-electron chi connectivity index (χ3n) is 5.34. The van der Waals surface area contributed by atoms with Gasteiger partial charge in [0.2, 0.25) is 0 Å². The molecule has 0 aromatic carbocycles. The van der Waals surface area contributed by atoms with Crippen molar-refractivity contribution in [2.75, 3.05) is 0 Å². The molecule has 0 radical (unpaired) electrons. The molecule has 2 bridgehead atoms. The summed E-state index contributed by atoms with van der Waals surface area (Å²) in [5.41, 5.74) is 0. The Kier molecular flexibility index (Phi) is 2.54. The number of rotatable bonds is 3. The Balaban J connectivity index is 1.60. The predicted molar refractivity (Wildman–Crippen MR) is 61.7 cm³/mol. The van der Waals surface area contributed by atoms with E-state index in [0.717, 1.165) is 23.7 Å². The zero-order valence-electron chi connectivity index (χ0n) is 10.1. The molecule has 5 unspecified atom stereocenters. The lowest BCUT2D eigenvalue weighted by molar-refractivity contribution is -0.00509. The van der Waals surface area contributed by atoms with Crippen LogP contribution < -0.4 is 0 Å². The standard InChI is InChI=1S/C14H24O/c1-3-9(2)15-12-7-13-10-4-5-11(6-10)14(13)8-12/h9-14H,3-8H2,1-2H3. The van der Waals surface area contributed by atoms with E-state index < -0.39 is 0 Å². The van der Waals surface area contributed by atoms with Crippen LogP contribution in [0.4, 0.5) is 0 Å². The van der Waals surface area contributed by atoms with Gasteiger partial charge < -0.3 is 4.74 Å². The minimum absolute atomic E-state index is 0.478. The molecule has 0 spiro atoms. The molecule has 0 N–H and O–H groups in total. The number of ether oxygens (including phenoxy) is 1. The first kappa shape index (κ1) is 10.1. The fourth-order valence-electron chi connectivity index (χ4n) is 4.50. The van der Waals surface area contributed by atoms with Crippen molar-refractivity contribution in [3.8, 4) is 0 Å². The maximum absolute atomic E-state index is 6.12. The molecule has 5 atom stereocenters. The summed E-state index contributed by atoms with van der Waals surface area (Å²) in [5, 5.41) is 0. The van der Waals surface area contributed by atoms with Gasteiger partial charge in [-0.3, -0.25) is 0 Å². The van der Waals surface area contributed by atoms with E-state index in [0.29, 0.717) is 12.2 Å². The maximum atomic E-state index is 6.12. The highest BCUT2D eigenvalue weighted by atomic mass is 16.5. The van der Waals surface area contributed by atoms with Crippen molar-refractivity contribution in [3.63, 3.8) is 0 Å². The van der Waals surface area contributed by atoms with Crippen molar-refractivity contribution < 1.29 is 4.74 Å². The summed E-state index contributed by atoms with van der Waals surface area (Å²) in [5.74, 6) is 4.28. The lowest BCUT2D eigenvalue weighted by Crippen LogP contribution is -2.17. The van der Waals surface area contributed by atoms with Crippen LogP contribution in [-0.4, -0.2) is 12.2 Å². The third kappa shape index (κ3) is 1.63. The second kappa shape index (κ2) is 3.76. The van der Waals surface area contributed by atoms with Crippen LogP contribution in [0.15, 0.2) is 0 Å². The van der Waals surface area contributed by atoms with Crippen molar-refractivity contribution in [1.29, 1.82) is 0 Å². The van der Waals surface area contributed by atoms with E-state index in [-0.39, 0.29) is 0 Å². The molecule has 3 aliphatic rings. The van der Waals surface area contributed by atoms with E-state index in [1.807, 2.05) is 0 Å². The van der Waals surface area contributed by atoms with Crippen LogP contribution in [0.3, 0.4) is 0 Å². The Morgan fingerprint density at radius 2 is 1.67 bits per heavy atom. The summed E-state index contributed by atoms with van der Waals surface area (Å²) in [6, 6.07) is 0. The van der Waals surface area contributed by atoms with Crippen molar-refractivity contribution in [1.82, 2.24) is 0 Å². The van der Waals surface area contributed by atoms with Crippen molar-refractivity contribution in [2.24, 2.45) is 23.7 Å². The van der Waals surface area contributed by atoms with E-state index in [9.17, 15) is 0 Å². The first-order valence-corrected chi connectivity index (χ1v) is 6.93. The van der Waals surface area contributed by atoms with Gasteiger partial charge in [-0.2, -0.15) is 0 Å². The van der Waals surface area contributed by atoms with Crippen LogP contribution in [0, 0.1) is 23.7 Å². The first-order valence-electron chi connectivity index (χ1n) is 6.93. The monoisotopic (exact) mass is 208 g/mol. The Labute approximate surface area is 93.6 Å². The van der Waals surface area contributed by atoms with Crippen LogP contribution in [0.5, 0.6) is 0 Å². The van der Waals surface area contributed by atoms with E-state index in [2.05, 4.69) is 13.8 Å². The third-order valence-corrected chi connectivity index (χ3v) is 5.34. The molecule has 86 valence electrons. The fraction of sp³-hybridized carbons (Fsp3) is 1.00. The van der Waals surface area contributed by atoms with Gasteiger partial charge in [-0.25, -0.2) is 0 Å². The Bertz CT molecular complexity index is 219. The molecular formula is C14H24O. The lowest BCUT2D eigenvalue weighted by atomic mass is 9.82. The lowest BCUT2D eigenvalue weighted by Gasteiger charge is -2.23. The molecule has 0 amide bonds. The molecule has 15 heavy (non-hydrogen) atoms. The second-order valence-corrected chi connectivity index (χ2v) is 6.11. The minimum atomic E-state index is 0.478. The minimum Gasteiger partial charge on any atom is -0.375 e. The first-order chi connectivity index (χ1) is 7.28. The zero-order valence-corrected chi connectivity index (χ0v) is 10.1. The molecular weight excluding hydrogens is 184 g/mol. The average molecular weight is 208 g/mol. The average Bonchev–Trinajstić information content (AvgIpc) is 2.87. The highest BCUT2D eigenvalue weighted by Gasteiger charge is 2.52. The summed E-state index contributed by atoms with van der Waals surface area (Å²) in [6.45, 7) is 4.45. The van der Waals surface area contributed by atoms with Gasteiger partial charge in [0.15, 0.2) is 0 Å². The molecule has 0 saturated heterocycles. The van der Waals surface area contributed by atoms with Crippen LogP contribution in [-0.2, 0) is 4.74 Å². The summed E-state index contributed by atoms with van der Waals surface area (Å²) >= 11 is 0. The summed E-state index contributed by atoms with van der Waals surface area (Å²) in [7, 11) is 0. The van der Waals surface area contributed by atoms with Crippen molar-refractivity contribution >= 4 is 0 Å². The quantitative estimate of drug-likeness (QED) is 0.688. The van der Waals surface area contributed by atoms with Gasteiger partial charge in [-0.15, -0.1) is 0 Å². The van der Waals surface area contributed by atoms with Crippen LogP contribution in [0.25, 0.3) is 0 Å². The zero-order chi connectivity index (χ0) is 10.4. The van der Waals surface area contributed by atoms with Crippen molar-refractivity contribution in [3.05, 3.63) is 0 Å². The van der Waals surface area contributed by atoms with Gasteiger partial charge in [0.1, 0.15) is 0 Å². The van der Waals surface area contributed by atoms with Gasteiger partial charge in [0.25, 0.3) is 0 Å². The highest BCUT2D eigenvalue weighted by Crippen LogP contribution is 2.59. The molecule has 3 aliphatic carbocycles. The van der Waals surface area contributed by atoms with Gasteiger partial charge >= 0.3 is 0 Å². The van der Waals surface area contributed by atoms with E-state index >= 15 is 0 Å². The highest BCUT2D eigenvalue weighted by molar-refractivity contribution is 5.01. The summed E-state index contributed by atoms with van der Waals surface area (Å²) < 4.78 is 6.12. The normalized spacial score (nSPS) is 49.6. The van der Waals surface area contributed by atoms with Crippen LogP contribution >= 0.6 is 0 Å². The molecule has 3 saturated carbocycles. The molecule has 1 heteroatoms. The van der Waals surface area contributed by atoms with Crippen LogP contribution in [0.1, 0.15) is 52.4 Å². The maximum Gasteiger partial charge on any atom is 0.0584 e. The molecule has 0 aromatic rings. The van der Waals surface area contributed by atoms with Gasteiger partial charge in [0, 0.05) is 0 Å². The number of hydrogen-bond acceptors (Lipinski definition) is 1. The fourth-order valence-corrected chi connectivity index (χ4v) is 4.50. The molecule has 1 nitrogen and oxygen atoms in total. The van der Waals surface area contributed by atoms with Gasteiger partial charge in [-0.1, -0.05) is 6.92 Å². The molecule has 3 rings (SSSR count). The molecule has 3 fully saturated rings. The van der Waals surface area contributed by atoms with E-state index in [4.69, 9.17) is 4.74 Å². The van der Waals surface area contributed by atoms with Gasteiger partial charge in [-0.05, 0) is 69.1 Å². The number of fused-ring (bicyclic) bond motifs is 5. The Morgan fingerprint density at radius 3 is 2.20 bits per heavy atom.